The van der Waals surface area contributed by atoms with E-state index in [-0.39, 0.29) is 11.9 Å². The minimum atomic E-state index is -2.20. The van der Waals surface area contributed by atoms with Crippen LogP contribution in [-0.4, -0.2) is 32.3 Å². The fourth-order valence-corrected chi connectivity index (χ4v) is 9.62. The van der Waals surface area contributed by atoms with E-state index in [0.29, 0.717) is 16.6 Å². The minimum absolute atomic E-state index is 0.301. The van der Waals surface area contributed by atoms with Crippen LogP contribution in [0.4, 0.5) is 0 Å². The van der Waals surface area contributed by atoms with Crippen LogP contribution in [0.2, 0.25) is 16.6 Å². The van der Waals surface area contributed by atoms with Crippen LogP contribution in [0.5, 0.6) is 0 Å². The van der Waals surface area contributed by atoms with Gasteiger partial charge in [0.1, 0.15) is 11.9 Å². The first-order valence-corrected chi connectivity index (χ1v) is 11.7. The van der Waals surface area contributed by atoms with Crippen molar-refractivity contribution in [3.8, 4) is 0 Å². The third-order valence-electron chi connectivity index (χ3n) is 5.05. The maximum atomic E-state index is 12.6. The van der Waals surface area contributed by atoms with Crippen molar-refractivity contribution in [2.75, 3.05) is 0 Å². The Morgan fingerprint density at radius 2 is 1.28 bits per heavy atom. The summed E-state index contributed by atoms with van der Waals surface area (Å²) in [5, 5.41) is 0. The van der Waals surface area contributed by atoms with Gasteiger partial charge >= 0.3 is 5.97 Å². The standard InChI is InChI=1S/C20H40O4Si/c1-13(2)25(14(3)4,15(5)6)24-18(16(7)12-21)17(8)19(22)23-20(9,10)11/h12-18H,1-11H3/t16-,17-,18-/m0/s1. The lowest BCUT2D eigenvalue weighted by Crippen LogP contribution is -2.53. The molecule has 5 heteroatoms. The molecular weight excluding hydrogens is 332 g/mol. The number of carbonyl (C=O) groups excluding carboxylic acids is 2. The first-order valence-electron chi connectivity index (χ1n) is 9.56. The Kier molecular flexibility index (Phi) is 9.06. The van der Waals surface area contributed by atoms with Crippen LogP contribution < -0.4 is 0 Å². The van der Waals surface area contributed by atoms with Crippen molar-refractivity contribution in [1.82, 2.24) is 0 Å². The summed E-state index contributed by atoms with van der Waals surface area (Å²) in [6.07, 6.45) is 0.442. The Morgan fingerprint density at radius 3 is 1.56 bits per heavy atom. The van der Waals surface area contributed by atoms with Gasteiger partial charge in [0.15, 0.2) is 0 Å². The molecule has 0 aliphatic rings. The summed E-state index contributed by atoms with van der Waals surface area (Å²) in [7, 11) is -2.20. The summed E-state index contributed by atoms with van der Waals surface area (Å²) in [5.41, 5.74) is 0.613. The molecule has 0 saturated heterocycles. The molecule has 148 valence electrons. The number of hydrogen-bond acceptors (Lipinski definition) is 4. The topological polar surface area (TPSA) is 52.6 Å². The number of esters is 1. The second kappa shape index (κ2) is 9.31. The van der Waals surface area contributed by atoms with Gasteiger partial charge in [-0.15, -0.1) is 0 Å². The number of carbonyl (C=O) groups is 2. The van der Waals surface area contributed by atoms with Crippen LogP contribution in [0, 0.1) is 11.8 Å². The van der Waals surface area contributed by atoms with Crippen molar-refractivity contribution < 1.29 is 18.8 Å². The molecule has 3 atom stereocenters. The van der Waals surface area contributed by atoms with Crippen molar-refractivity contribution in [3.63, 3.8) is 0 Å². The van der Waals surface area contributed by atoms with Gasteiger partial charge in [0.05, 0.1) is 12.0 Å². The smallest absolute Gasteiger partial charge is 0.311 e. The lowest BCUT2D eigenvalue weighted by Gasteiger charge is -2.46. The maximum absolute atomic E-state index is 12.6. The van der Waals surface area contributed by atoms with E-state index < -0.39 is 25.9 Å². The Morgan fingerprint density at radius 1 is 0.880 bits per heavy atom. The van der Waals surface area contributed by atoms with Gasteiger partial charge < -0.3 is 14.0 Å². The highest BCUT2D eigenvalue weighted by atomic mass is 28.4. The van der Waals surface area contributed by atoms with E-state index in [9.17, 15) is 9.59 Å². The highest BCUT2D eigenvalue weighted by Gasteiger charge is 2.49. The third kappa shape index (κ3) is 6.21. The summed E-state index contributed by atoms with van der Waals surface area (Å²) < 4.78 is 12.3. The van der Waals surface area contributed by atoms with Crippen molar-refractivity contribution in [3.05, 3.63) is 0 Å². The Labute approximate surface area is 156 Å². The Bertz CT molecular complexity index is 416. The molecule has 0 heterocycles. The van der Waals surface area contributed by atoms with Gasteiger partial charge in [0.2, 0.25) is 8.32 Å². The fourth-order valence-electron chi connectivity index (χ4n) is 3.91. The van der Waals surface area contributed by atoms with E-state index >= 15 is 0 Å². The number of hydrogen-bond donors (Lipinski definition) is 0. The van der Waals surface area contributed by atoms with Crippen LogP contribution in [0.1, 0.15) is 76.2 Å². The van der Waals surface area contributed by atoms with Crippen LogP contribution in [-0.2, 0) is 18.8 Å². The summed E-state index contributed by atoms with van der Waals surface area (Å²) in [6.45, 7) is 22.4. The van der Waals surface area contributed by atoms with Gasteiger partial charge in [0.25, 0.3) is 0 Å². The monoisotopic (exact) mass is 372 g/mol. The molecule has 0 N–H and O–H groups in total. The quantitative estimate of drug-likeness (QED) is 0.310. The molecule has 0 amide bonds. The van der Waals surface area contributed by atoms with E-state index in [0.717, 1.165) is 6.29 Å². The zero-order chi connectivity index (χ0) is 20.2. The van der Waals surface area contributed by atoms with Gasteiger partial charge in [-0.25, -0.2) is 0 Å². The number of ether oxygens (including phenoxy) is 1. The molecule has 0 fully saturated rings. The zero-order valence-electron chi connectivity index (χ0n) is 18.2. The van der Waals surface area contributed by atoms with E-state index in [4.69, 9.17) is 9.16 Å². The highest BCUT2D eigenvalue weighted by Crippen LogP contribution is 2.44. The van der Waals surface area contributed by atoms with Gasteiger partial charge in [-0.2, -0.15) is 0 Å². The fraction of sp³-hybridized carbons (Fsp3) is 0.900. The van der Waals surface area contributed by atoms with Crippen LogP contribution in [0.3, 0.4) is 0 Å². The molecule has 0 bridgehead atoms. The molecule has 25 heavy (non-hydrogen) atoms. The van der Waals surface area contributed by atoms with E-state index in [1.54, 1.807) is 0 Å². The predicted molar refractivity (Wildman–Crippen MR) is 106 cm³/mol. The molecule has 0 aliphatic carbocycles. The predicted octanol–water partition coefficient (Wildman–Crippen LogP) is 5.36. The van der Waals surface area contributed by atoms with E-state index in [1.807, 2.05) is 34.6 Å². The van der Waals surface area contributed by atoms with Crippen LogP contribution in [0.15, 0.2) is 0 Å². The molecule has 0 saturated carbocycles. The van der Waals surface area contributed by atoms with Crippen molar-refractivity contribution >= 4 is 20.6 Å². The van der Waals surface area contributed by atoms with Crippen molar-refractivity contribution in [2.45, 2.75) is 104 Å². The van der Waals surface area contributed by atoms with Crippen LogP contribution in [0.25, 0.3) is 0 Å². The first kappa shape index (κ1) is 24.3. The number of rotatable bonds is 9. The molecule has 0 aromatic heterocycles. The summed E-state index contributed by atoms with van der Waals surface area (Å²) in [4.78, 5) is 24.2. The van der Waals surface area contributed by atoms with Gasteiger partial charge in [-0.3, -0.25) is 4.79 Å². The normalized spacial score (nSPS) is 16.9. The lowest BCUT2D eigenvalue weighted by atomic mass is 9.94. The van der Waals surface area contributed by atoms with E-state index in [2.05, 4.69) is 41.5 Å². The molecule has 0 spiro atoms. The molecule has 0 radical (unpaired) electrons. The first-order chi connectivity index (χ1) is 11.2. The zero-order valence-corrected chi connectivity index (χ0v) is 19.2. The minimum Gasteiger partial charge on any atom is -0.460 e. The summed E-state index contributed by atoms with van der Waals surface area (Å²) in [6, 6.07) is 0. The molecule has 0 aliphatic heterocycles. The Hall–Kier alpha value is -0.683. The summed E-state index contributed by atoms with van der Waals surface area (Å²) in [5.74, 6) is -1.14. The Balaban J connectivity index is 5.81. The average Bonchev–Trinajstić information content (AvgIpc) is 2.43. The average molecular weight is 373 g/mol. The molecule has 0 aromatic carbocycles. The van der Waals surface area contributed by atoms with Crippen molar-refractivity contribution in [2.24, 2.45) is 11.8 Å². The molecule has 0 rings (SSSR count). The molecule has 0 unspecified atom stereocenters. The van der Waals surface area contributed by atoms with Crippen LogP contribution >= 0.6 is 0 Å². The largest absolute Gasteiger partial charge is 0.460 e. The van der Waals surface area contributed by atoms with Gasteiger partial charge in [0, 0.05) is 5.92 Å². The summed E-state index contributed by atoms with van der Waals surface area (Å²) >= 11 is 0. The van der Waals surface area contributed by atoms with Gasteiger partial charge in [-0.1, -0.05) is 48.5 Å². The second-order valence-electron chi connectivity index (χ2n) is 9.22. The molecule has 4 nitrogen and oxygen atoms in total. The highest BCUT2D eigenvalue weighted by molar-refractivity contribution is 6.77. The van der Waals surface area contributed by atoms with E-state index in [1.165, 1.54) is 0 Å². The van der Waals surface area contributed by atoms with Crippen molar-refractivity contribution in [1.29, 1.82) is 0 Å². The number of aldehydes is 1. The lowest BCUT2D eigenvalue weighted by molar-refractivity contribution is -0.163. The second-order valence-corrected chi connectivity index (χ2v) is 14.6. The third-order valence-corrected chi connectivity index (χ3v) is 11.1. The molecule has 0 aromatic rings. The molecular formula is C20H40O4Si. The van der Waals surface area contributed by atoms with Gasteiger partial charge in [-0.05, 0) is 44.3 Å². The SMILES string of the molecule is CC(C)[Si](O[C@H]([C@H](C)C(=O)OC(C)(C)C)[C@@H](C)C=O)(C(C)C)C(C)C. The maximum Gasteiger partial charge on any atom is 0.311 e.